The van der Waals surface area contributed by atoms with Crippen LogP contribution in [0.25, 0.3) is 0 Å². The number of anilines is 2. The van der Waals surface area contributed by atoms with Crippen LogP contribution in [0.15, 0.2) is 27.2 Å². The van der Waals surface area contributed by atoms with Crippen LogP contribution in [-0.2, 0) is 11.2 Å². The van der Waals surface area contributed by atoms with Gasteiger partial charge in [0, 0.05) is 29.4 Å². The zero-order valence-electron chi connectivity index (χ0n) is 19.3. The van der Waals surface area contributed by atoms with E-state index in [1.165, 1.54) is 0 Å². The van der Waals surface area contributed by atoms with Gasteiger partial charge in [0.2, 0.25) is 5.95 Å². The van der Waals surface area contributed by atoms with Crippen LogP contribution >= 0.6 is 0 Å². The minimum absolute atomic E-state index is 0.209. The van der Waals surface area contributed by atoms with Crippen LogP contribution < -0.4 is 10.6 Å². The van der Waals surface area contributed by atoms with Crippen LogP contribution in [0.1, 0.15) is 53.6 Å². The standard InChI is InChI=1S/C23H32N4O4/c1-13-10-24-21(26-12-23(7,29)19-9-15(3)31-17(19)5)27-20(13)25-11-22(6,28)18-8-14(2)30-16(18)4/h8-10,28-29H,11-12H2,1-7H3,(H2,24,25,26,27). The van der Waals surface area contributed by atoms with Crippen molar-refractivity contribution in [1.29, 1.82) is 0 Å². The number of rotatable bonds is 8. The van der Waals surface area contributed by atoms with Gasteiger partial charge in [0.25, 0.3) is 0 Å². The molecule has 4 N–H and O–H groups in total. The molecule has 2 unspecified atom stereocenters. The molecule has 3 heterocycles. The number of aromatic nitrogens is 2. The third-order valence-electron chi connectivity index (χ3n) is 5.40. The Bertz CT molecular complexity index is 1070. The first-order valence-electron chi connectivity index (χ1n) is 10.3. The van der Waals surface area contributed by atoms with E-state index >= 15 is 0 Å². The highest BCUT2D eigenvalue weighted by atomic mass is 16.3. The highest BCUT2D eigenvalue weighted by Gasteiger charge is 2.29. The fourth-order valence-corrected chi connectivity index (χ4v) is 3.73. The molecule has 0 bridgehead atoms. The highest BCUT2D eigenvalue weighted by Crippen LogP contribution is 2.29. The monoisotopic (exact) mass is 428 g/mol. The molecule has 3 aromatic heterocycles. The fourth-order valence-electron chi connectivity index (χ4n) is 3.73. The maximum Gasteiger partial charge on any atom is 0.224 e. The van der Waals surface area contributed by atoms with Crippen LogP contribution in [0.3, 0.4) is 0 Å². The maximum absolute atomic E-state index is 10.9. The number of hydrogen-bond acceptors (Lipinski definition) is 8. The highest BCUT2D eigenvalue weighted by molar-refractivity contribution is 5.47. The molecule has 168 valence electrons. The largest absolute Gasteiger partial charge is 0.466 e. The molecule has 3 rings (SSSR count). The lowest BCUT2D eigenvalue weighted by atomic mass is 9.96. The minimum Gasteiger partial charge on any atom is -0.466 e. The molecular weight excluding hydrogens is 396 g/mol. The topological polar surface area (TPSA) is 117 Å². The molecule has 0 aliphatic rings. The number of aliphatic hydroxyl groups is 2. The number of nitrogens with one attached hydrogen (secondary N) is 2. The van der Waals surface area contributed by atoms with Gasteiger partial charge in [-0.15, -0.1) is 0 Å². The van der Waals surface area contributed by atoms with Gasteiger partial charge in [0.1, 0.15) is 40.1 Å². The lowest BCUT2D eigenvalue weighted by Gasteiger charge is -2.25. The van der Waals surface area contributed by atoms with E-state index in [1.807, 2.05) is 46.8 Å². The molecule has 8 heteroatoms. The van der Waals surface area contributed by atoms with Gasteiger partial charge in [-0.3, -0.25) is 0 Å². The van der Waals surface area contributed by atoms with E-state index in [0.29, 0.717) is 23.3 Å². The molecule has 3 aromatic rings. The van der Waals surface area contributed by atoms with Crippen molar-refractivity contribution in [3.8, 4) is 0 Å². The summed E-state index contributed by atoms with van der Waals surface area (Å²) in [5.74, 6) is 3.86. The van der Waals surface area contributed by atoms with Gasteiger partial charge in [-0.25, -0.2) is 4.98 Å². The van der Waals surface area contributed by atoms with Gasteiger partial charge >= 0.3 is 0 Å². The van der Waals surface area contributed by atoms with E-state index < -0.39 is 11.2 Å². The summed E-state index contributed by atoms with van der Waals surface area (Å²) in [6, 6.07) is 3.68. The summed E-state index contributed by atoms with van der Waals surface area (Å²) in [4.78, 5) is 8.83. The van der Waals surface area contributed by atoms with Gasteiger partial charge in [-0.05, 0) is 60.6 Å². The molecule has 8 nitrogen and oxygen atoms in total. The lowest BCUT2D eigenvalue weighted by molar-refractivity contribution is 0.0695. The second kappa shape index (κ2) is 8.36. The van der Waals surface area contributed by atoms with Crippen molar-refractivity contribution in [3.63, 3.8) is 0 Å². The molecule has 0 aliphatic heterocycles. The molecule has 31 heavy (non-hydrogen) atoms. The number of furan rings is 2. The van der Waals surface area contributed by atoms with E-state index in [4.69, 9.17) is 8.83 Å². The first-order chi connectivity index (χ1) is 14.4. The second-order valence-electron chi connectivity index (χ2n) is 8.63. The van der Waals surface area contributed by atoms with Crippen molar-refractivity contribution in [2.45, 2.75) is 59.7 Å². The Labute approximate surface area is 182 Å². The fraction of sp³-hybridized carbons (Fsp3) is 0.478. The third kappa shape index (κ3) is 5.08. The summed E-state index contributed by atoms with van der Waals surface area (Å²) in [6.45, 7) is 13.2. The van der Waals surface area contributed by atoms with E-state index in [1.54, 1.807) is 20.0 Å². The Kier molecular flexibility index (Phi) is 6.16. The van der Waals surface area contributed by atoms with Crippen LogP contribution in [-0.4, -0.2) is 33.3 Å². The molecule has 0 fully saturated rings. The van der Waals surface area contributed by atoms with Crippen molar-refractivity contribution in [3.05, 3.63) is 58.1 Å². The van der Waals surface area contributed by atoms with Crippen molar-refractivity contribution in [2.24, 2.45) is 0 Å². The Balaban J connectivity index is 1.70. The van der Waals surface area contributed by atoms with Gasteiger partial charge in [-0.2, -0.15) is 4.98 Å². The Hall–Kier alpha value is -2.84. The average molecular weight is 429 g/mol. The molecule has 0 aromatic carbocycles. The lowest BCUT2D eigenvalue weighted by Crippen LogP contribution is -2.32. The Morgan fingerprint density at radius 3 is 1.77 bits per heavy atom. The summed E-state index contributed by atoms with van der Waals surface area (Å²) in [5, 5.41) is 28.1. The summed E-state index contributed by atoms with van der Waals surface area (Å²) in [5.41, 5.74) is 0.0284. The summed E-state index contributed by atoms with van der Waals surface area (Å²) in [7, 11) is 0. The van der Waals surface area contributed by atoms with Crippen molar-refractivity contribution in [2.75, 3.05) is 23.7 Å². The number of nitrogens with zero attached hydrogens (tertiary/aromatic N) is 2. The van der Waals surface area contributed by atoms with E-state index in [9.17, 15) is 10.2 Å². The number of hydrogen-bond donors (Lipinski definition) is 4. The SMILES string of the molecule is Cc1cc(C(C)(O)CNc2ncc(C)c(NCC(C)(O)c3cc(C)oc3C)n2)c(C)o1. The molecule has 2 atom stereocenters. The third-order valence-corrected chi connectivity index (χ3v) is 5.40. The predicted molar refractivity (Wildman–Crippen MR) is 119 cm³/mol. The van der Waals surface area contributed by atoms with E-state index in [-0.39, 0.29) is 13.1 Å². The summed E-state index contributed by atoms with van der Waals surface area (Å²) >= 11 is 0. The average Bonchev–Trinajstić information content (AvgIpc) is 3.21. The molecule has 0 saturated heterocycles. The van der Waals surface area contributed by atoms with Gasteiger partial charge in [-0.1, -0.05) is 0 Å². The van der Waals surface area contributed by atoms with E-state index in [0.717, 1.165) is 28.2 Å². The van der Waals surface area contributed by atoms with Crippen LogP contribution in [0.5, 0.6) is 0 Å². The van der Waals surface area contributed by atoms with Crippen LogP contribution in [0, 0.1) is 34.6 Å². The normalized spacial score (nSPS) is 15.4. The molecule has 0 aliphatic carbocycles. The summed E-state index contributed by atoms with van der Waals surface area (Å²) < 4.78 is 11.1. The molecular formula is C23H32N4O4. The zero-order chi connectivity index (χ0) is 23.0. The van der Waals surface area contributed by atoms with Crippen LogP contribution in [0.4, 0.5) is 11.8 Å². The van der Waals surface area contributed by atoms with Gasteiger partial charge in [0.05, 0.1) is 6.54 Å². The van der Waals surface area contributed by atoms with Crippen molar-refractivity contribution < 1.29 is 19.0 Å². The Morgan fingerprint density at radius 1 is 0.839 bits per heavy atom. The molecule has 0 radical (unpaired) electrons. The van der Waals surface area contributed by atoms with Crippen LogP contribution in [0.2, 0.25) is 0 Å². The quantitative estimate of drug-likeness (QED) is 0.428. The first kappa shape index (κ1) is 22.8. The molecule has 0 spiro atoms. The molecule has 0 amide bonds. The summed E-state index contributed by atoms with van der Waals surface area (Å²) in [6.07, 6.45) is 1.70. The van der Waals surface area contributed by atoms with Gasteiger partial charge in [0.15, 0.2) is 0 Å². The minimum atomic E-state index is -1.15. The van der Waals surface area contributed by atoms with Crippen molar-refractivity contribution >= 4 is 11.8 Å². The Morgan fingerprint density at radius 2 is 1.32 bits per heavy atom. The van der Waals surface area contributed by atoms with E-state index in [2.05, 4.69) is 20.6 Å². The predicted octanol–water partition coefficient (Wildman–Crippen LogP) is 3.84. The number of aryl methyl sites for hydroxylation is 5. The zero-order valence-corrected chi connectivity index (χ0v) is 19.3. The smallest absolute Gasteiger partial charge is 0.224 e. The second-order valence-corrected chi connectivity index (χ2v) is 8.63. The van der Waals surface area contributed by atoms with Crippen molar-refractivity contribution in [1.82, 2.24) is 9.97 Å². The first-order valence-corrected chi connectivity index (χ1v) is 10.3. The maximum atomic E-state index is 10.9. The van der Waals surface area contributed by atoms with Gasteiger partial charge < -0.3 is 29.7 Å². The molecule has 0 saturated carbocycles.